The van der Waals surface area contributed by atoms with Gasteiger partial charge < -0.3 is 5.11 Å². The number of benzene rings is 3. The highest BCUT2D eigenvalue weighted by molar-refractivity contribution is 6.33. The number of aliphatic hydroxyl groups is 1. The third-order valence-electron chi connectivity index (χ3n) is 4.53. The molecule has 0 bridgehead atoms. The lowest BCUT2D eigenvalue weighted by molar-refractivity contribution is -0.136. The van der Waals surface area contributed by atoms with E-state index in [2.05, 4.69) is 10.5 Å². The molecule has 0 atom stereocenters. The summed E-state index contributed by atoms with van der Waals surface area (Å²) in [5.41, 5.74) is 4.11. The Labute approximate surface area is 155 Å². The zero-order valence-electron chi connectivity index (χ0n) is 13.7. The van der Waals surface area contributed by atoms with Crippen molar-refractivity contribution in [3.8, 4) is 11.1 Å². The van der Waals surface area contributed by atoms with E-state index in [4.69, 9.17) is 11.6 Å². The van der Waals surface area contributed by atoms with Gasteiger partial charge in [0.15, 0.2) is 5.60 Å². The number of amides is 1. The summed E-state index contributed by atoms with van der Waals surface area (Å²) in [4.78, 5) is 12.9. The maximum absolute atomic E-state index is 12.9. The molecule has 3 aromatic carbocycles. The first kappa shape index (κ1) is 16.5. The van der Waals surface area contributed by atoms with E-state index in [0.29, 0.717) is 21.7 Å². The Kier molecular flexibility index (Phi) is 4.07. The summed E-state index contributed by atoms with van der Waals surface area (Å²) in [6.45, 7) is 0. The van der Waals surface area contributed by atoms with E-state index in [1.54, 1.807) is 36.4 Å². The highest BCUT2D eigenvalue weighted by Crippen LogP contribution is 2.47. The Hall–Kier alpha value is -2.95. The molecule has 0 fully saturated rings. The first-order valence-corrected chi connectivity index (χ1v) is 8.50. The summed E-state index contributed by atoms with van der Waals surface area (Å²) in [7, 11) is 0. The third kappa shape index (κ3) is 2.51. The van der Waals surface area contributed by atoms with Crippen LogP contribution in [0.2, 0.25) is 5.02 Å². The summed E-state index contributed by atoms with van der Waals surface area (Å²) < 4.78 is 0. The molecule has 3 aromatic rings. The normalized spacial score (nSPS) is 14.1. The minimum Gasteiger partial charge on any atom is -0.372 e. The van der Waals surface area contributed by atoms with Crippen LogP contribution in [-0.4, -0.2) is 17.2 Å². The fraction of sp³-hybridized carbons (Fsp3) is 0.0476. The molecule has 0 unspecified atom stereocenters. The van der Waals surface area contributed by atoms with E-state index in [9.17, 15) is 9.90 Å². The number of halogens is 1. The Morgan fingerprint density at radius 2 is 1.46 bits per heavy atom. The van der Waals surface area contributed by atoms with Crippen LogP contribution < -0.4 is 5.43 Å². The second-order valence-corrected chi connectivity index (χ2v) is 6.43. The van der Waals surface area contributed by atoms with Gasteiger partial charge in [0.05, 0.1) is 6.21 Å². The predicted molar refractivity (Wildman–Crippen MR) is 102 cm³/mol. The maximum Gasteiger partial charge on any atom is 0.281 e. The number of hydrogen-bond acceptors (Lipinski definition) is 3. The van der Waals surface area contributed by atoms with Crippen LogP contribution >= 0.6 is 11.6 Å². The molecule has 128 valence electrons. The van der Waals surface area contributed by atoms with Crippen molar-refractivity contribution in [2.45, 2.75) is 5.60 Å². The van der Waals surface area contributed by atoms with E-state index in [1.807, 2.05) is 36.4 Å². The van der Waals surface area contributed by atoms with E-state index >= 15 is 0 Å². The molecular weight excluding hydrogens is 348 g/mol. The van der Waals surface area contributed by atoms with Gasteiger partial charge in [-0.1, -0.05) is 78.3 Å². The van der Waals surface area contributed by atoms with E-state index < -0.39 is 11.5 Å². The first-order chi connectivity index (χ1) is 12.6. The average Bonchev–Trinajstić information content (AvgIpc) is 2.94. The lowest BCUT2D eigenvalue weighted by atomic mass is 9.91. The third-order valence-corrected chi connectivity index (χ3v) is 4.87. The fourth-order valence-electron chi connectivity index (χ4n) is 3.28. The van der Waals surface area contributed by atoms with Gasteiger partial charge in [0, 0.05) is 21.7 Å². The molecule has 4 nitrogen and oxygen atoms in total. The minimum atomic E-state index is -1.79. The molecule has 0 spiro atoms. The zero-order valence-corrected chi connectivity index (χ0v) is 14.4. The Bertz CT molecular complexity index is 984. The van der Waals surface area contributed by atoms with E-state index in [-0.39, 0.29) is 0 Å². The summed E-state index contributed by atoms with van der Waals surface area (Å²) in [5, 5.41) is 15.8. The molecule has 4 rings (SSSR count). The number of nitrogens with zero attached hydrogens (tertiary/aromatic N) is 1. The molecular formula is C21H15ClN2O2. The highest BCUT2D eigenvalue weighted by Gasteiger charge is 2.47. The quantitative estimate of drug-likeness (QED) is 0.551. The van der Waals surface area contributed by atoms with Gasteiger partial charge in [0.1, 0.15) is 0 Å². The van der Waals surface area contributed by atoms with Gasteiger partial charge in [-0.2, -0.15) is 5.10 Å². The number of nitrogens with one attached hydrogen (secondary N) is 1. The molecule has 0 aliphatic heterocycles. The van der Waals surface area contributed by atoms with Crippen LogP contribution in [0.5, 0.6) is 0 Å². The van der Waals surface area contributed by atoms with Crippen LogP contribution in [0.3, 0.4) is 0 Å². The van der Waals surface area contributed by atoms with Gasteiger partial charge in [-0.25, -0.2) is 5.43 Å². The summed E-state index contributed by atoms with van der Waals surface area (Å²) in [6, 6.07) is 21.8. The van der Waals surface area contributed by atoms with Crippen molar-refractivity contribution in [2.24, 2.45) is 5.10 Å². The number of hydrogen-bond donors (Lipinski definition) is 2. The Morgan fingerprint density at radius 1 is 0.923 bits per heavy atom. The van der Waals surface area contributed by atoms with Crippen molar-refractivity contribution in [1.82, 2.24) is 5.43 Å². The number of carbonyl (C=O) groups excluding carboxylic acids is 1. The standard InChI is InChI=1S/C21H15ClN2O2/c22-19-12-6-1-7-14(19)13-23-24-20(25)21(26)17-10-4-2-8-15(17)16-9-3-5-11-18(16)21/h1-13,26H,(H,24,25)/b23-13+. The summed E-state index contributed by atoms with van der Waals surface area (Å²) in [6.07, 6.45) is 1.45. The monoisotopic (exact) mass is 362 g/mol. The van der Waals surface area contributed by atoms with E-state index in [0.717, 1.165) is 11.1 Å². The number of hydrazone groups is 1. The molecule has 5 heteroatoms. The number of rotatable bonds is 3. The second-order valence-electron chi connectivity index (χ2n) is 6.02. The molecule has 1 amide bonds. The molecule has 1 aliphatic carbocycles. The minimum absolute atomic E-state index is 0.528. The second kappa shape index (κ2) is 6.41. The van der Waals surface area contributed by atoms with E-state index in [1.165, 1.54) is 6.21 Å². The fourth-order valence-corrected chi connectivity index (χ4v) is 3.46. The van der Waals surface area contributed by atoms with Gasteiger partial charge >= 0.3 is 0 Å². The number of fused-ring (bicyclic) bond motifs is 3. The molecule has 26 heavy (non-hydrogen) atoms. The molecule has 0 aromatic heterocycles. The van der Waals surface area contributed by atoms with Crippen molar-refractivity contribution >= 4 is 23.7 Å². The van der Waals surface area contributed by atoms with Crippen LogP contribution in [0.25, 0.3) is 11.1 Å². The largest absolute Gasteiger partial charge is 0.372 e. The van der Waals surface area contributed by atoms with Gasteiger partial charge in [0.25, 0.3) is 5.91 Å². The Balaban J connectivity index is 1.68. The summed E-state index contributed by atoms with van der Waals surface area (Å²) >= 11 is 6.07. The average molecular weight is 363 g/mol. The molecule has 0 heterocycles. The molecule has 0 radical (unpaired) electrons. The maximum atomic E-state index is 12.9. The zero-order chi connectivity index (χ0) is 18.1. The lowest BCUT2D eigenvalue weighted by Crippen LogP contribution is -2.42. The summed E-state index contributed by atoms with van der Waals surface area (Å²) in [5.74, 6) is -0.613. The molecule has 0 saturated carbocycles. The van der Waals surface area contributed by atoms with Crippen molar-refractivity contribution in [3.63, 3.8) is 0 Å². The van der Waals surface area contributed by atoms with Crippen molar-refractivity contribution in [2.75, 3.05) is 0 Å². The van der Waals surface area contributed by atoms with Crippen LogP contribution in [0.15, 0.2) is 77.9 Å². The molecule has 1 aliphatic rings. The van der Waals surface area contributed by atoms with Gasteiger partial charge in [-0.3, -0.25) is 4.79 Å². The van der Waals surface area contributed by atoms with Gasteiger partial charge in [-0.15, -0.1) is 0 Å². The molecule has 0 saturated heterocycles. The lowest BCUT2D eigenvalue weighted by Gasteiger charge is -2.23. The van der Waals surface area contributed by atoms with Crippen molar-refractivity contribution in [1.29, 1.82) is 0 Å². The first-order valence-electron chi connectivity index (χ1n) is 8.12. The Morgan fingerprint density at radius 3 is 2.08 bits per heavy atom. The van der Waals surface area contributed by atoms with Crippen molar-refractivity contribution in [3.05, 3.63) is 94.5 Å². The number of carbonyl (C=O) groups is 1. The molecule has 2 N–H and O–H groups in total. The van der Waals surface area contributed by atoms with Crippen molar-refractivity contribution < 1.29 is 9.90 Å². The van der Waals surface area contributed by atoms with Crippen LogP contribution in [0.4, 0.5) is 0 Å². The predicted octanol–water partition coefficient (Wildman–Crippen LogP) is 3.71. The smallest absolute Gasteiger partial charge is 0.281 e. The topological polar surface area (TPSA) is 61.7 Å². The van der Waals surface area contributed by atoms with Crippen LogP contribution in [-0.2, 0) is 10.4 Å². The SMILES string of the molecule is O=C(N/N=C/c1ccccc1Cl)C1(O)c2ccccc2-c2ccccc21. The highest BCUT2D eigenvalue weighted by atomic mass is 35.5. The van der Waals surface area contributed by atoms with Gasteiger partial charge in [0.2, 0.25) is 0 Å². The van der Waals surface area contributed by atoms with Gasteiger partial charge in [-0.05, 0) is 17.2 Å². The van der Waals surface area contributed by atoms with Crippen LogP contribution in [0, 0.1) is 0 Å². The van der Waals surface area contributed by atoms with Crippen LogP contribution in [0.1, 0.15) is 16.7 Å².